The second-order valence-electron chi connectivity index (χ2n) is 7.83. The van der Waals surface area contributed by atoms with Crippen LogP contribution < -0.4 is 10.1 Å². The van der Waals surface area contributed by atoms with Gasteiger partial charge < -0.3 is 19.9 Å². The molecule has 0 unspecified atom stereocenters. The van der Waals surface area contributed by atoms with Crippen LogP contribution in [0.25, 0.3) is 0 Å². The van der Waals surface area contributed by atoms with E-state index in [0.29, 0.717) is 18.4 Å². The highest BCUT2D eigenvalue weighted by molar-refractivity contribution is 5.84. The van der Waals surface area contributed by atoms with Gasteiger partial charge in [0, 0.05) is 44.9 Å². The molecule has 2 fully saturated rings. The Morgan fingerprint density at radius 2 is 2.03 bits per heavy atom. The van der Waals surface area contributed by atoms with E-state index < -0.39 is 0 Å². The van der Waals surface area contributed by atoms with Crippen molar-refractivity contribution in [2.45, 2.75) is 19.5 Å². The summed E-state index contributed by atoms with van der Waals surface area (Å²) >= 11 is 0. The number of likely N-dealkylation sites (tertiary alicyclic amines) is 2. The maximum atomic E-state index is 12.9. The van der Waals surface area contributed by atoms with E-state index >= 15 is 0 Å². The van der Waals surface area contributed by atoms with Gasteiger partial charge in [-0.3, -0.25) is 14.5 Å². The van der Waals surface area contributed by atoms with Gasteiger partial charge in [0.25, 0.3) is 0 Å². The highest BCUT2D eigenvalue weighted by Crippen LogP contribution is 2.45. The first kappa shape index (κ1) is 19.4. The minimum absolute atomic E-state index is 0.00577. The van der Waals surface area contributed by atoms with Gasteiger partial charge >= 0.3 is 0 Å². The molecule has 0 radical (unpaired) electrons. The first-order valence-corrected chi connectivity index (χ1v) is 9.93. The number of hydrogen-bond donors (Lipinski definition) is 2. The number of aromatic amines is 1. The zero-order valence-corrected chi connectivity index (χ0v) is 16.8. The molecule has 4 rings (SSSR count). The predicted octanol–water partition coefficient (Wildman–Crippen LogP) is 1.19. The van der Waals surface area contributed by atoms with Gasteiger partial charge in [0.1, 0.15) is 11.6 Å². The van der Waals surface area contributed by atoms with Crippen molar-refractivity contribution in [3.63, 3.8) is 0 Å². The summed E-state index contributed by atoms with van der Waals surface area (Å²) in [4.78, 5) is 36.0. The van der Waals surface area contributed by atoms with Crippen molar-refractivity contribution >= 4 is 11.8 Å². The van der Waals surface area contributed by atoms with Crippen molar-refractivity contribution in [1.82, 2.24) is 25.1 Å². The molecule has 0 saturated carbocycles. The Balaban J connectivity index is 1.54. The van der Waals surface area contributed by atoms with Crippen molar-refractivity contribution in [3.05, 3.63) is 48.0 Å². The average Bonchev–Trinajstić information content (AvgIpc) is 3.43. The van der Waals surface area contributed by atoms with Crippen LogP contribution in [-0.4, -0.2) is 64.9 Å². The summed E-state index contributed by atoms with van der Waals surface area (Å²) in [5.41, 5.74) is 1.11. The second kappa shape index (κ2) is 8.24. The van der Waals surface area contributed by atoms with Gasteiger partial charge in [-0.2, -0.15) is 0 Å². The van der Waals surface area contributed by atoms with Crippen LogP contribution in [-0.2, 0) is 16.1 Å². The topological polar surface area (TPSA) is 90.6 Å². The minimum Gasteiger partial charge on any atom is -0.497 e. The molecular weight excluding hydrogens is 370 g/mol. The number of rotatable bonds is 6. The molecular formula is C21H27N5O3. The van der Waals surface area contributed by atoms with Gasteiger partial charge in [-0.25, -0.2) is 4.98 Å². The third-order valence-corrected chi connectivity index (χ3v) is 5.93. The number of carbonyl (C=O) groups excluding carboxylic acids is 2. The molecule has 2 amide bonds. The molecule has 2 aliphatic rings. The molecule has 0 bridgehead atoms. The Morgan fingerprint density at radius 1 is 1.24 bits per heavy atom. The van der Waals surface area contributed by atoms with Crippen molar-refractivity contribution in [1.29, 1.82) is 0 Å². The van der Waals surface area contributed by atoms with E-state index in [1.165, 1.54) is 6.92 Å². The third-order valence-electron chi connectivity index (χ3n) is 5.93. The monoisotopic (exact) mass is 397 g/mol. The molecule has 3 heterocycles. The third kappa shape index (κ3) is 4.12. The molecule has 8 heteroatoms. The van der Waals surface area contributed by atoms with Crippen molar-refractivity contribution < 1.29 is 14.3 Å². The van der Waals surface area contributed by atoms with Crippen LogP contribution in [0.5, 0.6) is 5.75 Å². The number of imidazole rings is 1. The molecule has 0 spiro atoms. The maximum absolute atomic E-state index is 12.9. The summed E-state index contributed by atoms with van der Waals surface area (Å²) in [6.07, 6.45) is 3.61. The summed E-state index contributed by atoms with van der Waals surface area (Å²) < 4.78 is 5.29. The van der Waals surface area contributed by atoms with Gasteiger partial charge in [-0.15, -0.1) is 0 Å². The van der Waals surface area contributed by atoms with E-state index in [4.69, 9.17) is 4.74 Å². The Bertz CT molecular complexity index is 852. The zero-order chi connectivity index (χ0) is 20.4. The summed E-state index contributed by atoms with van der Waals surface area (Å²) in [5, 5.41) is 2.64. The SMILES string of the molecule is COc1ccc([C@H]2[C@H]3CN(Cc4ncc[nH]4)C[C@H]3CN2C(=O)CNC(C)=O)cc1. The number of hydrogen-bond acceptors (Lipinski definition) is 5. The quantitative estimate of drug-likeness (QED) is 0.764. The number of H-pyrrole nitrogens is 1. The van der Waals surface area contributed by atoms with Crippen LogP contribution in [0.15, 0.2) is 36.7 Å². The van der Waals surface area contributed by atoms with E-state index in [1.54, 1.807) is 13.3 Å². The number of aromatic nitrogens is 2. The van der Waals surface area contributed by atoms with Gasteiger partial charge in [0.05, 0.1) is 26.2 Å². The lowest BCUT2D eigenvalue weighted by molar-refractivity contribution is -0.133. The minimum atomic E-state index is -0.191. The lowest BCUT2D eigenvalue weighted by Gasteiger charge is -2.30. The van der Waals surface area contributed by atoms with Gasteiger partial charge in [0.15, 0.2) is 0 Å². The molecule has 2 saturated heterocycles. The Hall–Kier alpha value is -2.87. The predicted molar refractivity (Wildman–Crippen MR) is 107 cm³/mol. The fourth-order valence-electron chi connectivity index (χ4n) is 4.65. The molecule has 154 valence electrons. The summed E-state index contributed by atoms with van der Waals surface area (Å²) in [7, 11) is 1.65. The molecule has 29 heavy (non-hydrogen) atoms. The highest BCUT2D eigenvalue weighted by atomic mass is 16.5. The highest BCUT2D eigenvalue weighted by Gasteiger charge is 2.48. The van der Waals surface area contributed by atoms with Crippen LogP contribution in [0.2, 0.25) is 0 Å². The first-order valence-electron chi connectivity index (χ1n) is 9.93. The first-order chi connectivity index (χ1) is 14.0. The van der Waals surface area contributed by atoms with E-state index in [2.05, 4.69) is 20.2 Å². The van der Waals surface area contributed by atoms with Crippen molar-refractivity contribution in [2.75, 3.05) is 33.3 Å². The maximum Gasteiger partial charge on any atom is 0.242 e. The van der Waals surface area contributed by atoms with Crippen LogP contribution in [0.4, 0.5) is 0 Å². The van der Waals surface area contributed by atoms with E-state index in [9.17, 15) is 9.59 Å². The largest absolute Gasteiger partial charge is 0.497 e. The average molecular weight is 397 g/mol. The molecule has 2 aromatic rings. The molecule has 1 aromatic carbocycles. The summed E-state index contributed by atoms with van der Waals surface area (Å²) in [6, 6.07) is 7.96. The molecule has 0 aliphatic carbocycles. The number of methoxy groups -OCH3 is 1. The molecule has 8 nitrogen and oxygen atoms in total. The van der Waals surface area contributed by atoms with E-state index in [-0.39, 0.29) is 24.4 Å². The molecule has 2 N–H and O–H groups in total. The van der Waals surface area contributed by atoms with E-state index in [1.807, 2.05) is 35.4 Å². The zero-order valence-electron chi connectivity index (χ0n) is 16.8. The number of nitrogens with one attached hydrogen (secondary N) is 2. The number of benzene rings is 1. The number of nitrogens with zero attached hydrogens (tertiary/aromatic N) is 3. The second-order valence-corrected chi connectivity index (χ2v) is 7.83. The van der Waals surface area contributed by atoms with Gasteiger partial charge in [-0.05, 0) is 23.6 Å². The lowest BCUT2D eigenvalue weighted by Crippen LogP contribution is -2.41. The van der Waals surface area contributed by atoms with Crippen LogP contribution in [0.1, 0.15) is 24.4 Å². The molecule has 2 aliphatic heterocycles. The van der Waals surface area contributed by atoms with Crippen molar-refractivity contribution in [3.8, 4) is 5.75 Å². The fraction of sp³-hybridized carbons (Fsp3) is 0.476. The molecule has 1 aromatic heterocycles. The smallest absolute Gasteiger partial charge is 0.242 e. The Labute approximate surface area is 170 Å². The number of ether oxygens (including phenoxy) is 1. The number of fused-ring (bicyclic) bond motifs is 1. The summed E-state index contributed by atoms with van der Waals surface area (Å²) in [5.74, 6) is 2.28. The standard InChI is InChI=1S/C21H27N5O3/c1-14(27)24-9-20(28)26-11-16-10-25(13-19-22-7-8-23-19)12-18(16)21(26)15-3-5-17(29-2)6-4-15/h3-8,16,18,21H,9-13H2,1-2H3,(H,22,23)(H,24,27)/t16-,18-,21-/m0/s1. The van der Waals surface area contributed by atoms with Crippen LogP contribution in [0.3, 0.4) is 0 Å². The van der Waals surface area contributed by atoms with Gasteiger partial charge in [0.2, 0.25) is 11.8 Å². The Morgan fingerprint density at radius 3 is 2.69 bits per heavy atom. The Kier molecular flexibility index (Phi) is 5.53. The normalized spacial score (nSPS) is 23.8. The van der Waals surface area contributed by atoms with Gasteiger partial charge in [-0.1, -0.05) is 12.1 Å². The number of carbonyl (C=O) groups is 2. The molecule has 3 atom stereocenters. The fourth-order valence-corrected chi connectivity index (χ4v) is 4.65. The van der Waals surface area contributed by atoms with Crippen molar-refractivity contribution in [2.24, 2.45) is 11.8 Å². The van der Waals surface area contributed by atoms with Crippen LogP contribution >= 0.6 is 0 Å². The summed E-state index contributed by atoms with van der Waals surface area (Å²) in [6.45, 7) is 4.80. The van der Waals surface area contributed by atoms with E-state index in [0.717, 1.165) is 36.8 Å². The number of amides is 2. The van der Waals surface area contributed by atoms with Crippen LogP contribution in [0, 0.1) is 11.8 Å². The lowest BCUT2D eigenvalue weighted by atomic mass is 9.89.